The third kappa shape index (κ3) is 4.30. The minimum atomic E-state index is -1.69. The first kappa shape index (κ1) is 19.0. The summed E-state index contributed by atoms with van der Waals surface area (Å²) < 4.78 is 5.74. The topological polar surface area (TPSA) is 103 Å². The molecule has 0 radical (unpaired) electrons. The fourth-order valence-electron chi connectivity index (χ4n) is 3.44. The van der Waals surface area contributed by atoms with E-state index in [0.717, 1.165) is 16.9 Å². The summed E-state index contributed by atoms with van der Waals surface area (Å²) in [6.45, 7) is 2.41. The molecule has 0 aliphatic carbocycles. The first-order chi connectivity index (χ1) is 13.0. The van der Waals surface area contributed by atoms with Gasteiger partial charge in [0.05, 0.1) is 30.6 Å². The summed E-state index contributed by atoms with van der Waals surface area (Å²) in [7, 11) is -1.69. The van der Waals surface area contributed by atoms with E-state index in [1.54, 1.807) is 24.3 Å². The van der Waals surface area contributed by atoms with Crippen LogP contribution in [0, 0.1) is 18.3 Å². The predicted molar refractivity (Wildman–Crippen MR) is 101 cm³/mol. The number of carbonyl (C=O) groups excluding carboxylic acids is 1. The summed E-state index contributed by atoms with van der Waals surface area (Å²) in [4.78, 5) is 12.4. The van der Waals surface area contributed by atoms with Crippen molar-refractivity contribution in [3.8, 4) is 11.8 Å². The number of nitrogens with zero attached hydrogens (tertiary/aromatic N) is 1. The van der Waals surface area contributed by atoms with Gasteiger partial charge >= 0.3 is 7.12 Å². The normalized spacial score (nSPS) is 16.0. The zero-order chi connectivity index (χ0) is 19.4. The van der Waals surface area contributed by atoms with Crippen LogP contribution in [-0.4, -0.2) is 35.6 Å². The van der Waals surface area contributed by atoms with Gasteiger partial charge in [0.25, 0.3) is 0 Å². The second-order valence-corrected chi connectivity index (χ2v) is 6.77. The zero-order valence-electron chi connectivity index (χ0n) is 15.1. The smallest absolute Gasteiger partial charge is 0.475 e. The summed E-state index contributed by atoms with van der Waals surface area (Å²) in [6, 6.07) is 14.8. The molecule has 1 heterocycles. The maximum atomic E-state index is 12.4. The SMILES string of the molecule is Cc1cccc2c1OC[C@H]2C[C@H](NC(=O)Cc1ccccc1C#N)B(O)O. The zero-order valence-corrected chi connectivity index (χ0v) is 15.1. The van der Waals surface area contributed by atoms with Gasteiger partial charge < -0.3 is 20.1 Å². The standard InChI is InChI=1S/C20H21BN2O4/c1-13-5-4-8-17-16(12-27-20(13)17)9-18(21(25)26)23-19(24)10-14-6-2-3-7-15(14)11-22/h2-8,16,18,25-26H,9-10,12H2,1H3,(H,23,24)/t16-,18+/m1/s1. The van der Waals surface area contributed by atoms with E-state index in [4.69, 9.17) is 10.00 Å². The second kappa shape index (κ2) is 8.25. The van der Waals surface area contributed by atoms with Gasteiger partial charge in [-0.15, -0.1) is 0 Å². The molecule has 138 valence electrons. The predicted octanol–water partition coefficient (Wildman–Crippen LogP) is 1.47. The number of nitriles is 1. The van der Waals surface area contributed by atoms with Gasteiger partial charge in [0, 0.05) is 11.5 Å². The molecule has 0 aromatic heterocycles. The minimum Gasteiger partial charge on any atom is -0.492 e. The molecule has 2 aromatic carbocycles. The van der Waals surface area contributed by atoms with E-state index < -0.39 is 13.1 Å². The van der Waals surface area contributed by atoms with Gasteiger partial charge in [0.15, 0.2) is 0 Å². The maximum absolute atomic E-state index is 12.4. The number of hydrogen-bond donors (Lipinski definition) is 3. The molecule has 3 N–H and O–H groups in total. The molecule has 2 atom stereocenters. The van der Waals surface area contributed by atoms with Crippen LogP contribution in [0.1, 0.15) is 34.6 Å². The van der Waals surface area contributed by atoms with Crippen molar-refractivity contribution in [1.29, 1.82) is 5.26 Å². The van der Waals surface area contributed by atoms with Gasteiger partial charge in [-0.2, -0.15) is 5.26 Å². The van der Waals surface area contributed by atoms with Crippen molar-refractivity contribution in [2.45, 2.75) is 31.6 Å². The summed E-state index contributed by atoms with van der Waals surface area (Å²) >= 11 is 0. The summed E-state index contributed by atoms with van der Waals surface area (Å²) in [5, 5.41) is 31.3. The molecular weight excluding hydrogens is 343 g/mol. The van der Waals surface area contributed by atoms with E-state index in [1.807, 2.05) is 25.1 Å². The van der Waals surface area contributed by atoms with Gasteiger partial charge in [-0.1, -0.05) is 36.4 Å². The highest BCUT2D eigenvalue weighted by atomic mass is 16.5. The third-order valence-corrected chi connectivity index (χ3v) is 4.84. The van der Waals surface area contributed by atoms with Crippen LogP contribution in [0.4, 0.5) is 0 Å². The van der Waals surface area contributed by atoms with Crippen LogP contribution in [0.2, 0.25) is 0 Å². The van der Waals surface area contributed by atoms with Crippen LogP contribution >= 0.6 is 0 Å². The Balaban J connectivity index is 1.68. The summed E-state index contributed by atoms with van der Waals surface area (Å²) in [5.41, 5.74) is 3.09. The van der Waals surface area contributed by atoms with Gasteiger partial charge in [-0.25, -0.2) is 0 Å². The third-order valence-electron chi connectivity index (χ3n) is 4.84. The van der Waals surface area contributed by atoms with Crippen molar-refractivity contribution in [3.05, 3.63) is 64.7 Å². The molecule has 3 rings (SSSR count). The second-order valence-electron chi connectivity index (χ2n) is 6.77. The monoisotopic (exact) mass is 364 g/mol. The van der Waals surface area contributed by atoms with E-state index in [0.29, 0.717) is 24.2 Å². The van der Waals surface area contributed by atoms with Crippen LogP contribution in [0.5, 0.6) is 5.75 Å². The van der Waals surface area contributed by atoms with Crippen molar-refractivity contribution < 1.29 is 19.6 Å². The lowest BCUT2D eigenvalue weighted by Crippen LogP contribution is -2.48. The number of benzene rings is 2. The molecule has 27 heavy (non-hydrogen) atoms. The molecule has 6 nitrogen and oxygen atoms in total. The fraction of sp³-hybridized carbons (Fsp3) is 0.300. The molecule has 0 unspecified atom stereocenters. The van der Waals surface area contributed by atoms with Crippen molar-refractivity contribution in [2.75, 3.05) is 6.61 Å². The average molecular weight is 364 g/mol. The molecule has 0 saturated heterocycles. The molecule has 0 fully saturated rings. The van der Waals surface area contributed by atoms with Crippen LogP contribution in [0.15, 0.2) is 42.5 Å². The molecule has 0 bridgehead atoms. The highest BCUT2D eigenvalue weighted by Crippen LogP contribution is 2.38. The number of carbonyl (C=O) groups is 1. The van der Waals surface area contributed by atoms with Crippen LogP contribution < -0.4 is 10.1 Å². The Morgan fingerprint density at radius 2 is 2.11 bits per heavy atom. The Kier molecular flexibility index (Phi) is 5.80. The Hall–Kier alpha value is -2.82. The minimum absolute atomic E-state index is 0.00378. The van der Waals surface area contributed by atoms with Crippen LogP contribution in [0.25, 0.3) is 0 Å². The number of fused-ring (bicyclic) bond motifs is 1. The Bertz CT molecular complexity index is 879. The van der Waals surface area contributed by atoms with Crippen LogP contribution in [0.3, 0.4) is 0 Å². The summed E-state index contributed by atoms with van der Waals surface area (Å²) in [5.74, 6) is -0.382. The van der Waals surface area contributed by atoms with Gasteiger partial charge in [0.2, 0.25) is 5.91 Å². The molecule has 7 heteroatoms. The Morgan fingerprint density at radius 1 is 1.33 bits per heavy atom. The first-order valence-electron chi connectivity index (χ1n) is 8.85. The Labute approximate surface area is 158 Å². The molecule has 0 saturated carbocycles. The van der Waals surface area contributed by atoms with E-state index in [-0.39, 0.29) is 18.2 Å². The quantitative estimate of drug-likeness (QED) is 0.674. The number of rotatable bonds is 6. The number of para-hydroxylation sites is 1. The van der Waals surface area contributed by atoms with Crippen molar-refractivity contribution in [2.24, 2.45) is 0 Å². The van der Waals surface area contributed by atoms with Crippen LogP contribution in [-0.2, 0) is 11.2 Å². The number of amides is 1. The van der Waals surface area contributed by atoms with E-state index in [9.17, 15) is 14.8 Å². The maximum Gasteiger partial charge on any atom is 0.475 e. The molecule has 1 aliphatic rings. The number of ether oxygens (including phenoxy) is 1. The lowest BCUT2D eigenvalue weighted by Gasteiger charge is -2.21. The van der Waals surface area contributed by atoms with E-state index in [2.05, 4.69) is 11.4 Å². The first-order valence-corrected chi connectivity index (χ1v) is 8.85. The lowest BCUT2D eigenvalue weighted by molar-refractivity contribution is -0.120. The number of hydrogen-bond acceptors (Lipinski definition) is 5. The highest BCUT2D eigenvalue weighted by molar-refractivity contribution is 6.43. The fourth-order valence-corrected chi connectivity index (χ4v) is 3.44. The lowest BCUT2D eigenvalue weighted by atomic mass is 9.73. The van der Waals surface area contributed by atoms with Gasteiger partial charge in [0.1, 0.15) is 5.75 Å². The van der Waals surface area contributed by atoms with Crippen molar-refractivity contribution >= 4 is 13.0 Å². The molecule has 1 aliphatic heterocycles. The van der Waals surface area contributed by atoms with Crippen molar-refractivity contribution in [1.82, 2.24) is 5.32 Å². The van der Waals surface area contributed by atoms with Gasteiger partial charge in [-0.3, -0.25) is 4.79 Å². The number of nitrogens with one attached hydrogen (secondary N) is 1. The molecule has 1 amide bonds. The number of aryl methyl sites for hydroxylation is 1. The average Bonchev–Trinajstić information content (AvgIpc) is 3.06. The molecule has 2 aromatic rings. The summed E-state index contributed by atoms with van der Waals surface area (Å²) in [6.07, 6.45) is 0.351. The highest BCUT2D eigenvalue weighted by Gasteiger charge is 2.33. The molecule has 0 spiro atoms. The van der Waals surface area contributed by atoms with Crippen molar-refractivity contribution in [3.63, 3.8) is 0 Å². The molecular formula is C20H21BN2O4. The van der Waals surface area contributed by atoms with E-state index in [1.165, 1.54) is 0 Å². The van der Waals surface area contributed by atoms with Gasteiger partial charge in [-0.05, 0) is 30.5 Å². The van der Waals surface area contributed by atoms with E-state index >= 15 is 0 Å². The Morgan fingerprint density at radius 3 is 2.85 bits per heavy atom. The largest absolute Gasteiger partial charge is 0.492 e.